The third kappa shape index (κ3) is 3.22. The molecule has 7 heteroatoms. The van der Waals surface area contributed by atoms with Gasteiger partial charge in [-0.25, -0.2) is 4.98 Å². The first-order valence-electron chi connectivity index (χ1n) is 5.64. The number of nitrogens with zero attached hydrogens (tertiary/aromatic N) is 1. The van der Waals surface area contributed by atoms with E-state index >= 15 is 0 Å². The number of nitrogens with two attached hydrogens (primary N) is 1. The molecule has 106 valence electrons. The van der Waals surface area contributed by atoms with Crippen LogP contribution in [0.3, 0.4) is 0 Å². The predicted octanol–water partition coefficient (Wildman–Crippen LogP) is 4.50. The van der Waals surface area contributed by atoms with Gasteiger partial charge in [-0.1, -0.05) is 0 Å². The van der Waals surface area contributed by atoms with Gasteiger partial charge in [0.2, 0.25) is 0 Å². The summed E-state index contributed by atoms with van der Waals surface area (Å²) in [5, 5.41) is 2.81. The summed E-state index contributed by atoms with van der Waals surface area (Å²) in [5.41, 5.74) is 6.34. The summed E-state index contributed by atoms with van der Waals surface area (Å²) in [6.45, 7) is 1.77. The molecule has 0 saturated heterocycles. The Hall–Kier alpha value is -1.76. The lowest BCUT2D eigenvalue weighted by Crippen LogP contribution is -2.06. The van der Waals surface area contributed by atoms with E-state index in [2.05, 4.69) is 26.2 Å². The van der Waals surface area contributed by atoms with Crippen LogP contribution in [0.4, 0.5) is 30.4 Å². The SMILES string of the molecule is Cc1ccc(N)c(Nc2cc(C(F)(F)F)ccc2Br)n1. The van der Waals surface area contributed by atoms with Crippen molar-refractivity contribution in [2.75, 3.05) is 11.1 Å². The minimum atomic E-state index is -4.40. The fraction of sp³-hybridized carbons (Fsp3) is 0.154. The van der Waals surface area contributed by atoms with Gasteiger partial charge >= 0.3 is 6.18 Å². The molecule has 0 amide bonds. The van der Waals surface area contributed by atoms with E-state index in [1.807, 2.05) is 0 Å². The van der Waals surface area contributed by atoms with E-state index in [1.54, 1.807) is 19.1 Å². The summed E-state index contributed by atoms with van der Waals surface area (Å²) in [4.78, 5) is 4.16. The van der Waals surface area contributed by atoms with Crippen molar-refractivity contribution in [3.05, 3.63) is 46.1 Å². The predicted molar refractivity (Wildman–Crippen MR) is 75.8 cm³/mol. The lowest BCUT2D eigenvalue weighted by Gasteiger charge is -2.13. The number of aryl methyl sites for hydroxylation is 1. The number of nitrogen functional groups attached to an aromatic ring is 1. The average Bonchev–Trinajstić information content (AvgIpc) is 2.35. The van der Waals surface area contributed by atoms with Crippen molar-refractivity contribution >= 4 is 33.1 Å². The molecule has 0 bridgehead atoms. The summed E-state index contributed by atoms with van der Waals surface area (Å²) in [5.74, 6) is 0.324. The van der Waals surface area contributed by atoms with Crippen molar-refractivity contribution in [2.45, 2.75) is 13.1 Å². The molecular weight excluding hydrogens is 335 g/mol. The third-order valence-electron chi connectivity index (χ3n) is 2.61. The average molecular weight is 346 g/mol. The van der Waals surface area contributed by atoms with Crippen LogP contribution in [0.2, 0.25) is 0 Å². The van der Waals surface area contributed by atoms with Gasteiger partial charge in [0, 0.05) is 10.2 Å². The number of alkyl halides is 3. The van der Waals surface area contributed by atoms with E-state index in [0.29, 0.717) is 21.7 Å². The Morgan fingerprint density at radius 3 is 2.55 bits per heavy atom. The molecule has 3 N–H and O–H groups in total. The maximum atomic E-state index is 12.7. The number of aromatic nitrogens is 1. The second kappa shape index (κ2) is 5.32. The summed E-state index contributed by atoms with van der Waals surface area (Å²) >= 11 is 3.20. The van der Waals surface area contributed by atoms with Crippen LogP contribution < -0.4 is 11.1 Å². The van der Waals surface area contributed by atoms with E-state index in [9.17, 15) is 13.2 Å². The van der Waals surface area contributed by atoms with Crippen LogP contribution in [0, 0.1) is 6.92 Å². The van der Waals surface area contributed by atoms with Crippen LogP contribution in [0.25, 0.3) is 0 Å². The van der Waals surface area contributed by atoms with Crippen molar-refractivity contribution in [3.8, 4) is 0 Å². The smallest absolute Gasteiger partial charge is 0.396 e. The molecule has 1 heterocycles. The first-order chi connectivity index (χ1) is 9.27. The molecule has 0 atom stereocenters. The molecule has 2 aromatic rings. The molecular formula is C13H11BrF3N3. The number of hydrogen-bond acceptors (Lipinski definition) is 3. The first-order valence-corrected chi connectivity index (χ1v) is 6.43. The molecule has 0 unspecified atom stereocenters. The highest BCUT2D eigenvalue weighted by Gasteiger charge is 2.31. The fourth-order valence-corrected chi connectivity index (χ4v) is 1.94. The van der Waals surface area contributed by atoms with Gasteiger partial charge in [-0.3, -0.25) is 0 Å². The summed E-state index contributed by atoms with van der Waals surface area (Å²) in [6, 6.07) is 6.71. The van der Waals surface area contributed by atoms with Crippen LogP contribution in [0.5, 0.6) is 0 Å². The van der Waals surface area contributed by atoms with Crippen molar-refractivity contribution in [1.82, 2.24) is 4.98 Å². The molecule has 0 aliphatic heterocycles. The van der Waals surface area contributed by atoms with Crippen LogP contribution in [-0.2, 0) is 6.18 Å². The molecule has 2 rings (SSSR count). The van der Waals surface area contributed by atoms with Crippen LogP contribution in [-0.4, -0.2) is 4.98 Å². The normalized spacial score (nSPS) is 11.4. The van der Waals surface area contributed by atoms with Gasteiger partial charge in [-0.2, -0.15) is 13.2 Å². The molecule has 1 aromatic carbocycles. The minimum Gasteiger partial charge on any atom is -0.396 e. The molecule has 0 radical (unpaired) electrons. The van der Waals surface area contributed by atoms with Gasteiger partial charge < -0.3 is 11.1 Å². The zero-order valence-electron chi connectivity index (χ0n) is 10.4. The van der Waals surface area contributed by atoms with E-state index < -0.39 is 11.7 Å². The Labute approximate surface area is 122 Å². The Balaban J connectivity index is 2.40. The topological polar surface area (TPSA) is 50.9 Å². The molecule has 1 aromatic heterocycles. The molecule has 0 fully saturated rings. The number of hydrogen-bond donors (Lipinski definition) is 2. The number of rotatable bonds is 2. The van der Waals surface area contributed by atoms with Gasteiger partial charge in [0.15, 0.2) is 5.82 Å². The molecule has 0 aliphatic rings. The number of halogens is 4. The van der Waals surface area contributed by atoms with Crippen LogP contribution in [0.1, 0.15) is 11.3 Å². The minimum absolute atomic E-state index is 0.254. The Bertz CT molecular complexity index is 641. The van der Waals surface area contributed by atoms with Gasteiger partial charge in [0.1, 0.15) is 0 Å². The quantitative estimate of drug-likeness (QED) is 0.842. The fourth-order valence-electron chi connectivity index (χ4n) is 1.59. The van der Waals surface area contributed by atoms with E-state index in [1.165, 1.54) is 6.07 Å². The van der Waals surface area contributed by atoms with E-state index in [4.69, 9.17) is 5.73 Å². The summed E-state index contributed by atoms with van der Waals surface area (Å²) in [7, 11) is 0. The highest BCUT2D eigenvalue weighted by molar-refractivity contribution is 9.10. The number of pyridine rings is 1. The van der Waals surface area contributed by atoms with Crippen LogP contribution in [0.15, 0.2) is 34.8 Å². The number of benzene rings is 1. The zero-order chi connectivity index (χ0) is 14.9. The third-order valence-corrected chi connectivity index (χ3v) is 3.30. The monoisotopic (exact) mass is 345 g/mol. The number of nitrogens with one attached hydrogen (secondary N) is 1. The van der Waals surface area contributed by atoms with Gasteiger partial charge in [0.05, 0.1) is 16.9 Å². The summed E-state index contributed by atoms with van der Waals surface area (Å²) in [6.07, 6.45) is -4.40. The Kier molecular flexibility index (Phi) is 3.89. The standard InChI is InChI=1S/C13H11BrF3N3/c1-7-2-5-10(18)12(19-7)20-11-6-8(13(15,16)17)3-4-9(11)14/h2-6H,18H2,1H3,(H,19,20). The largest absolute Gasteiger partial charge is 0.416 e. The number of anilines is 3. The van der Waals surface area contributed by atoms with E-state index in [-0.39, 0.29) is 5.69 Å². The van der Waals surface area contributed by atoms with Crippen molar-refractivity contribution in [3.63, 3.8) is 0 Å². The second-order valence-electron chi connectivity index (χ2n) is 4.21. The molecule has 20 heavy (non-hydrogen) atoms. The highest BCUT2D eigenvalue weighted by Crippen LogP contribution is 2.35. The van der Waals surface area contributed by atoms with Crippen molar-refractivity contribution in [1.29, 1.82) is 0 Å². The molecule has 0 spiro atoms. The van der Waals surface area contributed by atoms with Gasteiger partial charge in [-0.05, 0) is 53.2 Å². The van der Waals surface area contributed by atoms with Gasteiger partial charge in [0.25, 0.3) is 0 Å². The van der Waals surface area contributed by atoms with E-state index in [0.717, 1.165) is 12.1 Å². The lowest BCUT2D eigenvalue weighted by molar-refractivity contribution is -0.137. The maximum absolute atomic E-state index is 12.7. The zero-order valence-corrected chi connectivity index (χ0v) is 12.0. The Morgan fingerprint density at radius 2 is 1.90 bits per heavy atom. The Morgan fingerprint density at radius 1 is 1.20 bits per heavy atom. The molecule has 3 nitrogen and oxygen atoms in total. The molecule has 0 aliphatic carbocycles. The summed E-state index contributed by atoms with van der Waals surface area (Å²) < 4.78 is 38.6. The lowest BCUT2D eigenvalue weighted by atomic mass is 10.2. The van der Waals surface area contributed by atoms with Crippen molar-refractivity contribution < 1.29 is 13.2 Å². The second-order valence-corrected chi connectivity index (χ2v) is 5.06. The van der Waals surface area contributed by atoms with Gasteiger partial charge in [-0.15, -0.1) is 0 Å². The maximum Gasteiger partial charge on any atom is 0.416 e. The van der Waals surface area contributed by atoms with Crippen molar-refractivity contribution in [2.24, 2.45) is 0 Å². The van der Waals surface area contributed by atoms with Crippen LogP contribution >= 0.6 is 15.9 Å². The first kappa shape index (κ1) is 14.6. The molecule has 0 saturated carbocycles. The highest BCUT2D eigenvalue weighted by atomic mass is 79.9.